The molecule has 0 aliphatic carbocycles. The summed E-state index contributed by atoms with van der Waals surface area (Å²) in [6.45, 7) is 3.16. The lowest BCUT2D eigenvalue weighted by molar-refractivity contribution is -0.116. The average molecular weight is 418 g/mol. The SMILES string of the molecule is CN=C(NCCC(=O)Nc1ccc(C)cn1)N(C)Cc1ccccc1Br. The van der Waals surface area contributed by atoms with Gasteiger partial charge in [-0.1, -0.05) is 40.2 Å². The third kappa shape index (κ3) is 6.15. The van der Waals surface area contributed by atoms with Gasteiger partial charge in [0.25, 0.3) is 0 Å². The number of hydrogen-bond donors (Lipinski definition) is 2. The molecule has 7 heteroatoms. The molecule has 0 radical (unpaired) electrons. The second-order valence-electron chi connectivity index (χ2n) is 5.94. The van der Waals surface area contributed by atoms with Crippen molar-refractivity contribution in [2.75, 3.05) is 26.0 Å². The summed E-state index contributed by atoms with van der Waals surface area (Å²) in [6, 6.07) is 11.8. The summed E-state index contributed by atoms with van der Waals surface area (Å²) in [6.07, 6.45) is 2.06. The van der Waals surface area contributed by atoms with Gasteiger partial charge in [0.15, 0.2) is 5.96 Å². The van der Waals surface area contributed by atoms with E-state index in [1.54, 1.807) is 19.3 Å². The fraction of sp³-hybridized carbons (Fsp3) is 0.316. The number of aromatic nitrogens is 1. The Kier molecular flexibility index (Phi) is 7.59. The molecule has 26 heavy (non-hydrogen) atoms. The van der Waals surface area contributed by atoms with Gasteiger partial charge in [-0.15, -0.1) is 0 Å². The van der Waals surface area contributed by atoms with E-state index in [4.69, 9.17) is 0 Å². The number of halogens is 1. The number of carbonyl (C=O) groups is 1. The van der Waals surface area contributed by atoms with Gasteiger partial charge < -0.3 is 15.5 Å². The van der Waals surface area contributed by atoms with Crippen molar-refractivity contribution in [2.45, 2.75) is 19.9 Å². The summed E-state index contributed by atoms with van der Waals surface area (Å²) in [5.74, 6) is 1.22. The van der Waals surface area contributed by atoms with Gasteiger partial charge in [0.1, 0.15) is 5.82 Å². The number of aliphatic imine (C=N–C) groups is 1. The number of hydrogen-bond acceptors (Lipinski definition) is 3. The van der Waals surface area contributed by atoms with Gasteiger partial charge in [0.05, 0.1) is 0 Å². The molecule has 0 aliphatic heterocycles. The summed E-state index contributed by atoms with van der Waals surface area (Å²) in [5, 5.41) is 6.00. The van der Waals surface area contributed by atoms with Crippen LogP contribution in [0.2, 0.25) is 0 Å². The molecule has 0 atom stereocenters. The van der Waals surface area contributed by atoms with Crippen molar-refractivity contribution < 1.29 is 4.79 Å². The molecule has 1 aromatic heterocycles. The van der Waals surface area contributed by atoms with Crippen molar-refractivity contribution in [3.05, 3.63) is 58.2 Å². The summed E-state index contributed by atoms with van der Waals surface area (Å²) >= 11 is 3.56. The zero-order valence-electron chi connectivity index (χ0n) is 15.3. The Balaban J connectivity index is 1.80. The average Bonchev–Trinajstić information content (AvgIpc) is 2.62. The highest BCUT2D eigenvalue weighted by Crippen LogP contribution is 2.17. The molecular weight excluding hydrogens is 394 g/mol. The maximum atomic E-state index is 12.0. The number of carbonyl (C=O) groups excluding carboxylic acids is 1. The Labute approximate surface area is 162 Å². The fourth-order valence-corrected chi connectivity index (χ4v) is 2.79. The molecule has 0 fully saturated rings. The smallest absolute Gasteiger partial charge is 0.227 e. The summed E-state index contributed by atoms with van der Waals surface area (Å²) in [4.78, 5) is 22.5. The molecule has 2 N–H and O–H groups in total. The highest BCUT2D eigenvalue weighted by atomic mass is 79.9. The maximum Gasteiger partial charge on any atom is 0.227 e. The van der Waals surface area contributed by atoms with E-state index in [1.807, 2.05) is 43.1 Å². The van der Waals surface area contributed by atoms with Crippen LogP contribution in [0.3, 0.4) is 0 Å². The van der Waals surface area contributed by atoms with Crippen LogP contribution >= 0.6 is 15.9 Å². The van der Waals surface area contributed by atoms with Crippen LogP contribution in [0.4, 0.5) is 5.82 Å². The molecule has 0 saturated carbocycles. The molecule has 0 bridgehead atoms. The van der Waals surface area contributed by atoms with E-state index >= 15 is 0 Å². The van der Waals surface area contributed by atoms with Crippen molar-refractivity contribution in [2.24, 2.45) is 4.99 Å². The van der Waals surface area contributed by atoms with E-state index < -0.39 is 0 Å². The van der Waals surface area contributed by atoms with Crippen molar-refractivity contribution in [3.8, 4) is 0 Å². The molecule has 1 amide bonds. The third-order valence-electron chi connectivity index (χ3n) is 3.75. The van der Waals surface area contributed by atoms with Gasteiger partial charge in [0.2, 0.25) is 5.91 Å². The van der Waals surface area contributed by atoms with E-state index in [0.717, 1.165) is 16.0 Å². The minimum absolute atomic E-state index is 0.0854. The summed E-state index contributed by atoms with van der Waals surface area (Å²) < 4.78 is 1.06. The number of nitrogens with zero attached hydrogens (tertiary/aromatic N) is 3. The first kappa shape index (κ1) is 19.9. The predicted octanol–water partition coefficient (Wildman–Crippen LogP) is 3.19. The zero-order chi connectivity index (χ0) is 18.9. The van der Waals surface area contributed by atoms with Crippen LogP contribution in [-0.2, 0) is 11.3 Å². The van der Waals surface area contributed by atoms with Crippen LogP contribution in [-0.4, -0.2) is 42.4 Å². The van der Waals surface area contributed by atoms with Crippen LogP contribution in [0.25, 0.3) is 0 Å². The lowest BCUT2D eigenvalue weighted by Crippen LogP contribution is -2.39. The van der Waals surface area contributed by atoms with Gasteiger partial charge in [0, 0.05) is 44.3 Å². The van der Waals surface area contributed by atoms with Gasteiger partial charge in [-0.3, -0.25) is 9.79 Å². The Morgan fingerprint density at radius 3 is 2.69 bits per heavy atom. The van der Waals surface area contributed by atoms with Gasteiger partial charge in [-0.25, -0.2) is 4.98 Å². The number of aryl methyl sites for hydroxylation is 1. The summed E-state index contributed by atoms with van der Waals surface area (Å²) in [7, 11) is 3.69. The minimum Gasteiger partial charge on any atom is -0.356 e. The number of pyridine rings is 1. The molecule has 138 valence electrons. The van der Waals surface area contributed by atoms with Gasteiger partial charge in [-0.05, 0) is 30.2 Å². The van der Waals surface area contributed by atoms with Crippen LogP contribution in [0.1, 0.15) is 17.5 Å². The molecule has 0 unspecified atom stereocenters. The number of guanidine groups is 1. The van der Waals surface area contributed by atoms with Crippen molar-refractivity contribution >= 4 is 33.6 Å². The van der Waals surface area contributed by atoms with Crippen LogP contribution in [0, 0.1) is 6.92 Å². The van der Waals surface area contributed by atoms with E-state index in [1.165, 1.54) is 5.56 Å². The normalized spacial score (nSPS) is 11.2. The first-order valence-electron chi connectivity index (χ1n) is 8.37. The Morgan fingerprint density at radius 2 is 2.04 bits per heavy atom. The van der Waals surface area contributed by atoms with E-state index in [0.29, 0.717) is 25.3 Å². The van der Waals surface area contributed by atoms with Gasteiger partial charge >= 0.3 is 0 Å². The molecule has 6 nitrogen and oxygen atoms in total. The predicted molar refractivity (Wildman–Crippen MR) is 109 cm³/mol. The largest absolute Gasteiger partial charge is 0.356 e. The lowest BCUT2D eigenvalue weighted by Gasteiger charge is -2.22. The highest BCUT2D eigenvalue weighted by molar-refractivity contribution is 9.10. The molecule has 0 saturated heterocycles. The Hall–Kier alpha value is -2.41. The van der Waals surface area contributed by atoms with E-state index in [2.05, 4.69) is 42.6 Å². The Bertz CT molecular complexity index is 761. The fourth-order valence-electron chi connectivity index (χ4n) is 2.38. The first-order valence-corrected chi connectivity index (χ1v) is 9.16. The third-order valence-corrected chi connectivity index (χ3v) is 4.53. The standard InChI is InChI=1S/C19H24BrN5O/c1-14-8-9-17(23-12-14)24-18(26)10-11-22-19(21-2)25(3)13-15-6-4-5-7-16(15)20/h4-9,12H,10-11,13H2,1-3H3,(H,21,22)(H,23,24,26). The number of rotatable bonds is 6. The molecular formula is C19H24BrN5O. The molecule has 2 rings (SSSR count). The second-order valence-corrected chi connectivity index (χ2v) is 6.79. The number of amides is 1. The van der Waals surface area contributed by atoms with Crippen LogP contribution in [0.15, 0.2) is 52.1 Å². The van der Waals surface area contributed by atoms with E-state index in [-0.39, 0.29) is 5.91 Å². The zero-order valence-corrected chi connectivity index (χ0v) is 16.9. The first-order chi connectivity index (χ1) is 12.5. The maximum absolute atomic E-state index is 12.0. The van der Waals surface area contributed by atoms with Crippen LogP contribution in [0.5, 0.6) is 0 Å². The molecule has 0 spiro atoms. The highest BCUT2D eigenvalue weighted by Gasteiger charge is 2.09. The van der Waals surface area contributed by atoms with Crippen molar-refractivity contribution in [1.29, 1.82) is 0 Å². The number of benzene rings is 1. The van der Waals surface area contributed by atoms with Crippen molar-refractivity contribution in [1.82, 2.24) is 15.2 Å². The lowest BCUT2D eigenvalue weighted by atomic mass is 10.2. The molecule has 2 aromatic rings. The monoisotopic (exact) mass is 417 g/mol. The second kappa shape index (κ2) is 9.91. The topological polar surface area (TPSA) is 69.6 Å². The van der Waals surface area contributed by atoms with Crippen molar-refractivity contribution in [3.63, 3.8) is 0 Å². The van der Waals surface area contributed by atoms with E-state index in [9.17, 15) is 4.79 Å². The molecule has 1 aromatic carbocycles. The quantitative estimate of drug-likeness (QED) is 0.559. The summed E-state index contributed by atoms with van der Waals surface area (Å²) in [5.41, 5.74) is 2.22. The number of anilines is 1. The van der Waals surface area contributed by atoms with Crippen LogP contribution < -0.4 is 10.6 Å². The molecule has 0 aliphatic rings. The Morgan fingerprint density at radius 1 is 1.27 bits per heavy atom. The number of nitrogens with one attached hydrogen (secondary N) is 2. The van der Waals surface area contributed by atoms with Gasteiger partial charge in [-0.2, -0.15) is 0 Å². The molecule has 1 heterocycles. The minimum atomic E-state index is -0.0854.